The van der Waals surface area contributed by atoms with Crippen LogP contribution in [0.1, 0.15) is 25.5 Å². The second-order valence-corrected chi connectivity index (χ2v) is 4.63. The Bertz CT molecular complexity index is 478. The predicted molar refractivity (Wildman–Crippen MR) is 67.5 cm³/mol. The lowest BCUT2D eigenvalue weighted by Crippen LogP contribution is -2.37. The third-order valence-electron chi connectivity index (χ3n) is 2.55. The lowest BCUT2D eigenvalue weighted by Gasteiger charge is -2.27. The fourth-order valence-corrected chi connectivity index (χ4v) is 2.08. The number of hydrogen-bond acceptors (Lipinski definition) is 2. The zero-order valence-electron chi connectivity index (χ0n) is 9.98. The molecule has 0 fully saturated rings. The van der Waals surface area contributed by atoms with Crippen molar-refractivity contribution in [3.63, 3.8) is 0 Å². The summed E-state index contributed by atoms with van der Waals surface area (Å²) in [6.45, 7) is 3.10. The second kappa shape index (κ2) is 5.95. The third kappa shape index (κ3) is 3.07. The lowest BCUT2D eigenvalue weighted by atomic mass is 10.0. The van der Waals surface area contributed by atoms with Crippen LogP contribution in [0.5, 0.6) is 0 Å². The van der Waals surface area contributed by atoms with E-state index in [0.29, 0.717) is 4.47 Å². The molecule has 1 aromatic carbocycles. The Morgan fingerprint density at radius 2 is 2.11 bits per heavy atom. The molecule has 0 saturated carbocycles. The molecule has 1 unspecified atom stereocenters. The van der Waals surface area contributed by atoms with Crippen LogP contribution in [0.15, 0.2) is 22.7 Å². The van der Waals surface area contributed by atoms with Gasteiger partial charge in [0.1, 0.15) is 5.82 Å². The van der Waals surface area contributed by atoms with E-state index < -0.39 is 23.7 Å². The Hall–Kier alpha value is -1.43. The normalized spacial score (nSPS) is 12.0. The topological polar surface area (TPSA) is 57.6 Å². The van der Waals surface area contributed by atoms with Gasteiger partial charge >= 0.3 is 5.97 Å². The number of carboxylic acid groups (broad SMARTS) is 1. The van der Waals surface area contributed by atoms with Crippen molar-refractivity contribution >= 4 is 27.8 Å². The molecule has 0 heterocycles. The van der Waals surface area contributed by atoms with Gasteiger partial charge in [0.05, 0.1) is 0 Å². The summed E-state index contributed by atoms with van der Waals surface area (Å²) < 4.78 is 14.3. The molecular weight excluding hydrogens is 305 g/mol. The molecule has 0 aliphatic carbocycles. The minimum absolute atomic E-state index is 0.0252. The van der Waals surface area contributed by atoms with E-state index in [0.717, 1.165) is 4.90 Å². The summed E-state index contributed by atoms with van der Waals surface area (Å²) in [6.07, 6.45) is 0. The number of hydrogen-bond donors (Lipinski definition) is 1. The van der Waals surface area contributed by atoms with Gasteiger partial charge in [-0.05, 0) is 19.1 Å². The van der Waals surface area contributed by atoms with E-state index in [4.69, 9.17) is 0 Å². The maximum atomic E-state index is 13.8. The highest BCUT2D eigenvalue weighted by Gasteiger charge is 2.30. The van der Waals surface area contributed by atoms with Crippen molar-refractivity contribution < 1.29 is 19.1 Å². The average Bonchev–Trinajstić information content (AvgIpc) is 2.26. The number of carboxylic acids is 1. The van der Waals surface area contributed by atoms with Gasteiger partial charge in [-0.15, -0.1) is 0 Å². The molecule has 0 aromatic heterocycles. The van der Waals surface area contributed by atoms with Gasteiger partial charge in [0.2, 0.25) is 5.91 Å². The van der Waals surface area contributed by atoms with Gasteiger partial charge in [0.15, 0.2) is 6.04 Å². The molecule has 4 nitrogen and oxygen atoms in total. The molecular formula is C12H13BrFNO3. The van der Waals surface area contributed by atoms with E-state index in [1.165, 1.54) is 19.1 Å². The number of benzene rings is 1. The molecule has 98 valence electrons. The molecule has 0 saturated heterocycles. The van der Waals surface area contributed by atoms with Gasteiger partial charge < -0.3 is 10.0 Å². The Morgan fingerprint density at radius 1 is 1.50 bits per heavy atom. The van der Waals surface area contributed by atoms with Crippen molar-refractivity contribution in [2.24, 2.45) is 0 Å². The summed E-state index contributed by atoms with van der Waals surface area (Å²) in [4.78, 5) is 23.8. The average molecular weight is 318 g/mol. The molecule has 0 bridgehead atoms. The summed E-state index contributed by atoms with van der Waals surface area (Å²) in [5.74, 6) is -2.32. The Labute approximate surface area is 113 Å². The molecule has 1 atom stereocenters. The molecule has 0 aliphatic heterocycles. The van der Waals surface area contributed by atoms with Crippen LogP contribution in [0.4, 0.5) is 4.39 Å². The predicted octanol–water partition coefficient (Wildman–Crippen LogP) is 2.58. The number of carbonyl (C=O) groups is 2. The van der Waals surface area contributed by atoms with E-state index >= 15 is 0 Å². The molecule has 1 N–H and O–H groups in total. The van der Waals surface area contributed by atoms with Crippen molar-refractivity contribution in [1.29, 1.82) is 0 Å². The zero-order chi connectivity index (χ0) is 13.9. The molecule has 1 rings (SSSR count). The quantitative estimate of drug-likeness (QED) is 0.928. The first kappa shape index (κ1) is 14.6. The lowest BCUT2D eigenvalue weighted by molar-refractivity contribution is -0.149. The van der Waals surface area contributed by atoms with Gasteiger partial charge in [-0.1, -0.05) is 22.0 Å². The van der Waals surface area contributed by atoms with Gasteiger partial charge in [0.25, 0.3) is 0 Å². The molecule has 0 aliphatic rings. The van der Waals surface area contributed by atoms with Gasteiger partial charge in [-0.2, -0.15) is 0 Å². The fraction of sp³-hybridized carbons (Fsp3) is 0.333. The van der Waals surface area contributed by atoms with Crippen LogP contribution in [0.2, 0.25) is 0 Å². The smallest absolute Gasteiger partial charge is 0.331 e. The van der Waals surface area contributed by atoms with Crippen LogP contribution < -0.4 is 0 Å². The van der Waals surface area contributed by atoms with Crippen LogP contribution in [0, 0.1) is 5.82 Å². The minimum atomic E-state index is -1.30. The number of likely N-dealkylation sites (N-methyl/N-ethyl adjacent to an activating group) is 1. The number of rotatable bonds is 4. The summed E-state index contributed by atoms with van der Waals surface area (Å²) >= 11 is 3.10. The highest BCUT2D eigenvalue weighted by Crippen LogP contribution is 2.26. The summed E-state index contributed by atoms with van der Waals surface area (Å²) in [7, 11) is 0. The summed E-state index contributed by atoms with van der Waals surface area (Å²) in [6, 6.07) is 2.78. The van der Waals surface area contributed by atoms with Crippen molar-refractivity contribution in [2.75, 3.05) is 6.54 Å². The molecule has 0 spiro atoms. The second-order valence-electron chi connectivity index (χ2n) is 3.71. The third-order valence-corrected chi connectivity index (χ3v) is 3.04. The van der Waals surface area contributed by atoms with Crippen molar-refractivity contribution in [3.8, 4) is 0 Å². The van der Waals surface area contributed by atoms with Crippen LogP contribution in [0.25, 0.3) is 0 Å². The van der Waals surface area contributed by atoms with Gasteiger partial charge in [-0.3, -0.25) is 4.79 Å². The van der Waals surface area contributed by atoms with E-state index in [2.05, 4.69) is 15.9 Å². The van der Waals surface area contributed by atoms with E-state index in [1.54, 1.807) is 13.0 Å². The summed E-state index contributed by atoms with van der Waals surface area (Å²) in [5.41, 5.74) is -0.0252. The highest BCUT2D eigenvalue weighted by molar-refractivity contribution is 9.10. The Kier molecular flexibility index (Phi) is 4.84. The van der Waals surface area contributed by atoms with Crippen LogP contribution >= 0.6 is 15.9 Å². The van der Waals surface area contributed by atoms with Gasteiger partial charge in [-0.25, -0.2) is 9.18 Å². The molecule has 18 heavy (non-hydrogen) atoms. The first-order chi connectivity index (χ1) is 8.38. The first-order valence-corrected chi connectivity index (χ1v) is 6.12. The Balaban J connectivity index is 3.27. The standard InChI is InChI=1S/C12H13BrFNO3/c1-3-15(7(2)16)11(12(17)18)9-5-4-8(13)6-10(9)14/h4-6,11H,3H2,1-2H3,(H,17,18). The fourth-order valence-electron chi connectivity index (χ4n) is 1.74. The highest BCUT2D eigenvalue weighted by atomic mass is 79.9. The number of aliphatic carboxylic acids is 1. The molecule has 6 heteroatoms. The molecule has 1 amide bonds. The van der Waals surface area contributed by atoms with Crippen molar-refractivity contribution in [1.82, 2.24) is 4.90 Å². The first-order valence-electron chi connectivity index (χ1n) is 5.33. The maximum Gasteiger partial charge on any atom is 0.331 e. The monoisotopic (exact) mass is 317 g/mol. The van der Waals surface area contributed by atoms with E-state index in [-0.39, 0.29) is 12.1 Å². The van der Waals surface area contributed by atoms with Gasteiger partial charge in [0, 0.05) is 23.5 Å². The molecule has 1 aromatic rings. The van der Waals surface area contributed by atoms with Crippen LogP contribution in [-0.2, 0) is 9.59 Å². The number of carbonyl (C=O) groups excluding carboxylic acids is 1. The Morgan fingerprint density at radius 3 is 2.50 bits per heavy atom. The molecule has 0 radical (unpaired) electrons. The summed E-state index contributed by atoms with van der Waals surface area (Å²) in [5, 5.41) is 9.20. The zero-order valence-corrected chi connectivity index (χ0v) is 11.6. The van der Waals surface area contributed by atoms with E-state index in [1.807, 2.05) is 0 Å². The number of halogens is 2. The van der Waals surface area contributed by atoms with Crippen molar-refractivity contribution in [2.45, 2.75) is 19.9 Å². The van der Waals surface area contributed by atoms with Crippen LogP contribution in [-0.4, -0.2) is 28.4 Å². The largest absolute Gasteiger partial charge is 0.479 e. The number of nitrogens with zero attached hydrogens (tertiary/aromatic N) is 1. The minimum Gasteiger partial charge on any atom is -0.479 e. The van der Waals surface area contributed by atoms with E-state index in [9.17, 15) is 19.1 Å². The van der Waals surface area contributed by atoms with Crippen LogP contribution in [0.3, 0.4) is 0 Å². The van der Waals surface area contributed by atoms with Crippen molar-refractivity contribution in [3.05, 3.63) is 34.1 Å². The SMILES string of the molecule is CCN(C(C)=O)C(C(=O)O)c1ccc(Br)cc1F. The maximum absolute atomic E-state index is 13.8. The number of amides is 1.